The van der Waals surface area contributed by atoms with Crippen LogP contribution in [0.2, 0.25) is 0 Å². The van der Waals surface area contributed by atoms with Crippen LogP contribution in [0.4, 0.5) is 0 Å². The van der Waals surface area contributed by atoms with Crippen molar-refractivity contribution in [3.63, 3.8) is 0 Å². The van der Waals surface area contributed by atoms with E-state index in [2.05, 4.69) is 26.2 Å². The smallest absolute Gasteiger partial charge is 0.00515 e. The number of hydrogen-bond donors (Lipinski definition) is 0. The topological polar surface area (TPSA) is 0 Å². The highest BCUT2D eigenvalue weighted by Gasteiger charge is 2.20. The summed E-state index contributed by atoms with van der Waals surface area (Å²) in [4.78, 5) is 0. The quantitative estimate of drug-likeness (QED) is 0.553. The first kappa shape index (κ1) is 9.31. The van der Waals surface area contributed by atoms with Crippen LogP contribution in [-0.2, 0) is 0 Å². The molecule has 1 rings (SSSR count). The monoisotopic (exact) mass is 162 g/mol. The molecule has 0 heteroatoms. The molecule has 0 spiro atoms. The van der Waals surface area contributed by atoms with Crippen molar-refractivity contribution in [2.24, 2.45) is 11.8 Å². The fraction of sp³-hybridized carbons (Fsp3) is 0.500. The zero-order valence-corrected chi connectivity index (χ0v) is 7.92. The van der Waals surface area contributed by atoms with Gasteiger partial charge in [-0.05, 0) is 31.1 Å². The highest BCUT2D eigenvalue weighted by atomic mass is 14.2. The van der Waals surface area contributed by atoms with Crippen molar-refractivity contribution >= 4 is 0 Å². The zero-order chi connectivity index (χ0) is 8.97. The first-order valence-electron chi connectivity index (χ1n) is 4.73. The summed E-state index contributed by atoms with van der Waals surface area (Å²) >= 11 is 0. The summed E-state index contributed by atoms with van der Waals surface area (Å²) in [5, 5.41) is 0. The van der Waals surface area contributed by atoms with Crippen molar-refractivity contribution in [2.75, 3.05) is 0 Å². The van der Waals surface area contributed by atoms with Gasteiger partial charge in [0.1, 0.15) is 0 Å². The summed E-state index contributed by atoms with van der Waals surface area (Å²) < 4.78 is 0. The molecular weight excluding hydrogens is 144 g/mol. The van der Waals surface area contributed by atoms with Crippen LogP contribution < -0.4 is 0 Å². The van der Waals surface area contributed by atoms with E-state index in [1.165, 1.54) is 12.8 Å². The number of allylic oxidation sites excluding steroid dienone is 4. The summed E-state index contributed by atoms with van der Waals surface area (Å²) in [6.07, 6.45) is 10.1. The molecule has 0 nitrogen and oxygen atoms in total. The van der Waals surface area contributed by atoms with Crippen LogP contribution in [0, 0.1) is 11.8 Å². The lowest BCUT2D eigenvalue weighted by molar-refractivity contribution is 0.572. The van der Waals surface area contributed by atoms with Crippen molar-refractivity contribution in [3.8, 4) is 0 Å². The van der Waals surface area contributed by atoms with Gasteiger partial charge in [-0.1, -0.05) is 30.7 Å². The average molecular weight is 162 g/mol. The second kappa shape index (κ2) is 4.30. The second-order valence-electron chi connectivity index (χ2n) is 3.53. The molecule has 0 heterocycles. The van der Waals surface area contributed by atoms with Crippen LogP contribution in [-0.4, -0.2) is 0 Å². The molecule has 0 aliphatic heterocycles. The third-order valence-corrected chi connectivity index (χ3v) is 2.70. The predicted molar refractivity (Wildman–Crippen MR) is 55.0 cm³/mol. The van der Waals surface area contributed by atoms with Crippen LogP contribution in [0.5, 0.6) is 0 Å². The van der Waals surface area contributed by atoms with Gasteiger partial charge >= 0.3 is 0 Å². The summed E-state index contributed by atoms with van der Waals surface area (Å²) in [5.41, 5.74) is 1.57. The fourth-order valence-electron chi connectivity index (χ4n) is 1.93. The van der Waals surface area contributed by atoms with E-state index in [0.717, 1.165) is 12.3 Å². The van der Waals surface area contributed by atoms with Crippen LogP contribution in [0.3, 0.4) is 0 Å². The lowest BCUT2D eigenvalue weighted by atomic mass is 9.89. The Morgan fingerprint density at radius 3 is 3.00 bits per heavy atom. The maximum absolute atomic E-state index is 3.83. The third-order valence-electron chi connectivity index (χ3n) is 2.70. The molecule has 0 saturated heterocycles. The van der Waals surface area contributed by atoms with Gasteiger partial charge in [-0.25, -0.2) is 0 Å². The Bertz CT molecular complexity index is 198. The van der Waals surface area contributed by atoms with E-state index in [-0.39, 0.29) is 0 Å². The molecule has 12 heavy (non-hydrogen) atoms. The lowest BCUT2D eigenvalue weighted by Crippen LogP contribution is -2.04. The standard InChI is InChI=1S/C12H18/c1-4-7-11-8-6-9-12(11)10(3)5-2/h4-5,9-11H,1-2,6-8H2,3H3. The average Bonchev–Trinajstić information content (AvgIpc) is 2.52. The lowest BCUT2D eigenvalue weighted by Gasteiger charge is -2.16. The molecule has 0 radical (unpaired) electrons. The molecule has 1 aliphatic rings. The molecule has 0 fully saturated rings. The van der Waals surface area contributed by atoms with Gasteiger partial charge in [0.15, 0.2) is 0 Å². The van der Waals surface area contributed by atoms with Gasteiger partial charge in [0.25, 0.3) is 0 Å². The minimum Gasteiger partial charge on any atom is -0.103 e. The molecular formula is C12H18. The summed E-state index contributed by atoms with van der Waals surface area (Å²) in [5.74, 6) is 1.30. The largest absolute Gasteiger partial charge is 0.103 e. The van der Waals surface area contributed by atoms with E-state index in [9.17, 15) is 0 Å². The summed E-state index contributed by atoms with van der Waals surface area (Å²) in [6, 6.07) is 0. The molecule has 0 bridgehead atoms. The van der Waals surface area contributed by atoms with Crippen molar-refractivity contribution in [1.29, 1.82) is 0 Å². The Kier molecular flexibility index (Phi) is 3.33. The molecule has 0 aromatic carbocycles. The molecule has 66 valence electrons. The molecule has 0 aromatic rings. The third kappa shape index (κ3) is 1.88. The molecule has 0 saturated carbocycles. The van der Waals surface area contributed by atoms with Crippen molar-refractivity contribution in [3.05, 3.63) is 37.0 Å². The van der Waals surface area contributed by atoms with Crippen molar-refractivity contribution in [2.45, 2.75) is 26.2 Å². The van der Waals surface area contributed by atoms with E-state index in [1.54, 1.807) is 5.57 Å². The Morgan fingerprint density at radius 2 is 2.42 bits per heavy atom. The van der Waals surface area contributed by atoms with Gasteiger partial charge in [-0.15, -0.1) is 13.2 Å². The zero-order valence-electron chi connectivity index (χ0n) is 7.92. The first-order valence-corrected chi connectivity index (χ1v) is 4.73. The van der Waals surface area contributed by atoms with Crippen LogP contribution >= 0.6 is 0 Å². The van der Waals surface area contributed by atoms with Gasteiger partial charge in [-0.2, -0.15) is 0 Å². The maximum Gasteiger partial charge on any atom is -0.00515 e. The van der Waals surface area contributed by atoms with E-state index in [4.69, 9.17) is 0 Å². The first-order chi connectivity index (χ1) is 5.79. The van der Waals surface area contributed by atoms with Gasteiger partial charge in [0.05, 0.1) is 0 Å². The molecule has 1 aliphatic carbocycles. The van der Waals surface area contributed by atoms with Crippen LogP contribution in [0.15, 0.2) is 37.0 Å². The molecule has 0 aromatic heterocycles. The molecule has 2 unspecified atom stereocenters. The Balaban J connectivity index is 2.61. The van der Waals surface area contributed by atoms with Gasteiger partial charge < -0.3 is 0 Å². The Hall–Kier alpha value is -0.780. The molecule has 2 atom stereocenters. The highest BCUT2D eigenvalue weighted by Crippen LogP contribution is 2.34. The second-order valence-corrected chi connectivity index (χ2v) is 3.53. The Morgan fingerprint density at radius 1 is 1.67 bits per heavy atom. The predicted octanol–water partition coefficient (Wildman–Crippen LogP) is 3.72. The normalized spacial score (nSPS) is 24.8. The number of hydrogen-bond acceptors (Lipinski definition) is 0. The maximum atomic E-state index is 3.83. The van der Waals surface area contributed by atoms with E-state index >= 15 is 0 Å². The fourth-order valence-corrected chi connectivity index (χ4v) is 1.93. The van der Waals surface area contributed by atoms with E-state index in [1.807, 2.05) is 12.2 Å². The number of rotatable bonds is 4. The molecule has 0 N–H and O–H groups in total. The minimum absolute atomic E-state index is 0.553. The van der Waals surface area contributed by atoms with Gasteiger partial charge in [-0.3, -0.25) is 0 Å². The summed E-state index contributed by atoms with van der Waals surface area (Å²) in [7, 11) is 0. The highest BCUT2D eigenvalue weighted by molar-refractivity contribution is 5.19. The molecule has 0 amide bonds. The van der Waals surface area contributed by atoms with Crippen LogP contribution in [0.25, 0.3) is 0 Å². The van der Waals surface area contributed by atoms with Crippen LogP contribution in [0.1, 0.15) is 26.2 Å². The van der Waals surface area contributed by atoms with Gasteiger partial charge in [0.2, 0.25) is 0 Å². The van der Waals surface area contributed by atoms with E-state index < -0.39 is 0 Å². The van der Waals surface area contributed by atoms with E-state index in [0.29, 0.717) is 5.92 Å². The Labute approximate surface area is 75.7 Å². The SMILES string of the molecule is C=CCC1CCC=C1C(C)C=C. The summed E-state index contributed by atoms with van der Waals surface area (Å²) in [6.45, 7) is 9.85. The minimum atomic E-state index is 0.553. The van der Waals surface area contributed by atoms with Gasteiger partial charge in [0, 0.05) is 0 Å². The van der Waals surface area contributed by atoms with Crippen molar-refractivity contribution < 1.29 is 0 Å². The van der Waals surface area contributed by atoms with Crippen molar-refractivity contribution in [1.82, 2.24) is 0 Å².